The van der Waals surface area contributed by atoms with E-state index < -0.39 is 97.5 Å². The lowest BCUT2D eigenvalue weighted by Gasteiger charge is -2.21. The molecule has 598 valence electrons. The molecule has 3 unspecified atom stereocenters. The van der Waals surface area contributed by atoms with Crippen molar-refractivity contribution in [3.8, 4) is 0 Å². The number of ether oxygens (including phenoxy) is 4. The maximum atomic E-state index is 13.1. The number of hydrogen-bond donors (Lipinski definition) is 3. The number of aliphatic hydroxyl groups is 1. The molecule has 3 N–H and O–H groups in total. The molecular weight excluding hydrogens is 1350 g/mol. The summed E-state index contributed by atoms with van der Waals surface area (Å²) in [6.45, 7) is 4.59. The SMILES string of the molecule is CC/C=C\C/C=C\C/C=C\C/C=C\CCCCCCC(=O)OC[C@H](COP(=O)(O)OCC(O)COP(=O)(O)OC[C@@H](COC(=O)CCCCCCCCC/C=C\CCCCCC)OC(=O)CCCCCCCCC/C=C\CCCCCC)OC(=O)CCCCCC/C=C\C/C=C\C/C=C\C/C=C\CC. The molecule has 0 rings (SSSR count). The second-order valence-corrected chi connectivity index (χ2v) is 29.8. The highest BCUT2D eigenvalue weighted by atomic mass is 31.2. The van der Waals surface area contributed by atoms with Crippen molar-refractivity contribution in [2.75, 3.05) is 39.6 Å². The molecule has 0 aliphatic carbocycles. The smallest absolute Gasteiger partial charge is 0.462 e. The second-order valence-electron chi connectivity index (χ2n) is 26.9. The summed E-state index contributed by atoms with van der Waals surface area (Å²) in [6, 6.07) is 0. The largest absolute Gasteiger partial charge is 0.472 e. The van der Waals surface area contributed by atoms with Gasteiger partial charge in [-0.2, -0.15) is 0 Å². The van der Waals surface area contributed by atoms with Gasteiger partial charge in [0.05, 0.1) is 26.4 Å². The summed E-state index contributed by atoms with van der Waals surface area (Å²) in [5.74, 6) is -2.23. The number of phosphoric acid groups is 2. The molecule has 5 atom stereocenters. The number of rotatable bonds is 76. The molecule has 0 amide bonds. The number of phosphoric ester groups is 2. The lowest BCUT2D eigenvalue weighted by atomic mass is 10.1. The highest BCUT2D eigenvalue weighted by Crippen LogP contribution is 2.45. The van der Waals surface area contributed by atoms with Crippen molar-refractivity contribution in [1.82, 2.24) is 0 Å². The summed E-state index contributed by atoms with van der Waals surface area (Å²) in [4.78, 5) is 73.1. The zero-order valence-corrected chi connectivity index (χ0v) is 67.2. The lowest BCUT2D eigenvalue weighted by Crippen LogP contribution is -2.30. The van der Waals surface area contributed by atoms with Crippen LogP contribution >= 0.6 is 15.6 Å². The molecule has 19 heteroatoms. The van der Waals surface area contributed by atoms with Gasteiger partial charge < -0.3 is 33.8 Å². The van der Waals surface area contributed by atoms with Crippen LogP contribution in [0.4, 0.5) is 0 Å². The summed E-state index contributed by atoms with van der Waals surface area (Å²) in [5.41, 5.74) is 0. The van der Waals surface area contributed by atoms with Gasteiger partial charge in [-0.3, -0.25) is 37.3 Å². The van der Waals surface area contributed by atoms with Crippen LogP contribution in [0.1, 0.15) is 336 Å². The lowest BCUT2D eigenvalue weighted by molar-refractivity contribution is -0.161. The van der Waals surface area contributed by atoms with Crippen molar-refractivity contribution in [2.45, 2.75) is 354 Å². The number of aliphatic hydroxyl groups excluding tert-OH is 1. The summed E-state index contributed by atoms with van der Waals surface area (Å²) in [6.07, 6.45) is 84.5. The molecule has 0 bridgehead atoms. The van der Waals surface area contributed by atoms with E-state index in [0.29, 0.717) is 25.7 Å². The molecule has 0 fully saturated rings. The third-order valence-corrected chi connectivity index (χ3v) is 18.8. The van der Waals surface area contributed by atoms with Gasteiger partial charge >= 0.3 is 39.5 Å². The van der Waals surface area contributed by atoms with Crippen LogP contribution in [0.15, 0.2) is 122 Å². The van der Waals surface area contributed by atoms with E-state index in [9.17, 15) is 43.2 Å². The van der Waals surface area contributed by atoms with Crippen LogP contribution in [0.25, 0.3) is 0 Å². The van der Waals surface area contributed by atoms with Crippen molar-refractivity contribution in [3.05, 3.63) is 122 Å². The maximum absolute atomic E-state index is 13.1. The molecule has 0 aromatic carbocycles. The first-order valence-electron chi connectivity index (χ1n) is 40.8. The molecule has 0 radical (unpaired) electrons. The zero-order chi connectivity index (χ0) is 76.0. The minimum atomic E-state index is -4.99. The number of hydrogen-bond acceptors (Lipinski definition) is 15. The number of esters is 4. The molecule has 0 saturated heterocycles. The van der Waals surface area contributed by atoms with Gasteiger partial charge in [0.2, 0.25) is 0 Å². The predicted molar refractivity (Wildman–Crippen MR) is 427 cm³/mol. The standard InChI is InChI=1S/C85H146O17P2/c1-5-9-13-17-21-25-29-33-37-39-43-46-50-54-58-62-66-70-83(88)96-76-81(102-85(90)72-68-64-60-56-52-48-44-40-38-34-30-26-22-18-14-10-6-2)78-100-104(93,94)98-74-79(86)73-97-103(91,92)99-77-80(101-84(89)71-67-63-59-55-51-47-42-36-32-28-24-20-16-12-8-4)75-95-82(87)69-65-61-57-53-49-45-41-35-31-27-23-19-15-11-7-3/h9-10,13-14,21-22,25-28,31-34,37-38,43-44,46,48,79-81,86H,5-8,11-12,15-20,23-24,29-30,35-36,39-42,45,47,49-78H2,1-4H3,(H,91,92)(H,93,94)/b13-9-,14-10-,25-21-,26-22-,31-27-,32-28-,37-33-,38-34-,46-43-,48-44-/t79?,80-,81-/m1/s1. The van der Waals surface area contributed by atoms with E-state index >= 15 is 0 Å². The van der Waals surface area contributed by atoms with Gasteiger partial charge in [0.25, 0.3) is 0 Å². The fourth-order valence-electron chi connectivity index (χ4n) is 10.7. The van der Waals surface area contributed by atoms with Crippen LogP contribution in [-0.4, -0.2) is 96.7 Å². The Morgan fingerprint density at radius 2 is 0.500 bits per heavy atom. The predicted octanol–water partition coefficient (Wildman–Crippen LogP) is 23.9. The van der Waals surface area contributed by atoms with Gasteiger partial charge in [-0.15, -0.1) is 0 Å². The van der Waals surface area contributed by atoms with Gasteiger partial charge in [0.1, 0.15) is 19.3 Å². The van der Waals surface area contributed by atoms with E-state index in [4.69, 9.17) is 37.0 Å². The van der Waals surface area contributed by atoms with Crippen LogP contribution in [-0.2, 0) is 65.4 Å². The summed E-state index contributed by atoms with van der Waals surface area (Å²) in [7, 11) is -9.98. The average Bonchev–Trinajstić information content (AvgIpc) is 0.926. The van der Waals surface area contributed by atoms with Crippen molar-refractivity contribution in [2.24, 2.45) is 0 Å². The Balaban J connectivity index is 5.41. The first-order valence-corrected chi connectivity index (χ1v) is 43.8. The van der Waals surface area contributed by atoms with E-state index in [0.717, 1.165) is 193 Å². The summed E-state index contributed by atoms with van der Waals surface area (Å²) >= 11 is 0. The molecule has 0 aliphatic rings. The Hall–Kier alpha value is -4.54. The summed E-state index contributed by atoms with van der Waals surface area (Å²) in [5, 5.41) is 10.7. The molecule has 17 nitrogen and oxygen atoms in total. The second kappa shape index (κ2) is 76.6. The van der Waals surface area contributed by atoms with E-state index in [1.807, 2.05) is 0 Å². The number of carbonyl (C=O) groups is 4. The highest BCUT2D eigenvalue weighted by molar-refractivity contribution is 7.47. The first-order chi connectivity index (χ1) is 50.7. The van der Waals surface area contributed by atoms with E-state index in [1.54, 1.807) is 0 Å². The fraction of sp³-hybridized carbons (Fsp3) is 0.718. The van der Waals surface area contributed by atoms with Crippen LogP contribution in [0.3, 0.4) is 0 Å². The van der Waals surface area contributed by atoms with Crippen LogP contribution in [0, 0.1) is 0 Å². The third kappa shape index (κ3) is 75.7. The molecule has 0 aliphatic heterocycles. The molecule has 0 saturated carbocycles. The van der Waals surface area contributed by atoms with Gasteiger partial charge in [0, 0.05) is 25.7 Å². The first kappa shape index (κ1) is 99.5. The molecule has 0 aromatic rings. The van der Waals surface area contributed by atoms with Crippen molar-refractivity contribution in [3.63, 3.8) is 0 Å². The Morgan fingerprint density at radius 3 is 0.779 bits per heavy atom. The number of unbranched alkanes of at least 4 members (excludes halogenated alkanes) is 30. The average molecular weight is 1500 g/mol. The molecule has 0 aromatic heterocycles. The van der Waals surface area contributed by atoms with Gasteiger partial charge in [0.15, 0.2) is 12.2 Å². The van der Waals surface area contributed by atoms with E-state index in [-0.39, 0.29) is 25.7 Å². The summed E-state index contributed by atoms with van der Waals surface area (Å²) < 4.78 is 68.7. The fourth-order valence-corrected chi connectivity index (χ4v) is 12.3. The molecule has 104 heavy (non-hydrogen) atoms. The maximum Gasteiger partial charge on any atom is 0.472 e. The minimum Gasteiger partial charge on any atom is -0.462 e. The minimum absolute atomic E-state index is 0.0588. The van der Waals surface area contributed by atoms with Gasteiger partial charge in [-0.1, -0.05) is 278 Å². The number of allylic oxidation sites excluding steroid dienone is 20. The van der Waals surface area contributed by atoms with Crippen LogP contribution in [0.5, 0.6) is 0 Å². The Labute approximate surface area is 632 Å². The quantitative estimate of drug-likeness (QED) is 0.0169. The van der Waals surface area contributed by atoms with Gasteiger partial charge in [-0.05, 0) is 154 Å². The Morgan fingerprint density at radius 1 is 0.279 bits per heavy atom. The monoisotopic (exact) mass is 1500 g/mol. The van der Waals surface area contributed by atoms with E-state index in [1.165, 1.54) is 64.2 Å². The van der Waals surface area contributed by atoms with Crippen molar-refractivity contribution < 1.29 is 80.2 Å². The number of carbonyl (C=O) groups excluding carboxylic acids is 4. The van der Waals surface area contributed by atoms with Crippen LogP contribution < -0.4 is 0 Å². The van der Waals surface area contributed by atoms with Gasteiger partial charge in [-0.25, -0.2) is 9.13 Å². The molecule has 0 spiro atoms. The Bertz CT molecular complexity index is 2440. The highest BCUT2D eigenvalue weighted by Gasteiger charge is 2.30. The van der Waals surface area contributed by atoms with E-state index in [2.05, 4.69) is 149 Å². The normalized spacial score (nSPS) is 14.5. The van der Waals surface area contributed by atoms with Crippen molar-refractivity contribution in [1.29, 1.82) is 0 Å². The topological polar surface area (TPSA) is 237 Å². The third-order valence-electron chi connectivity index (χ3n) is 16.9. The van der Waals surface area contributed by atoms with Crippen LogP contribution in [0.2, 0.25) is 0 Å². The Kier molecular flexibility index (Phi) is 73.3. The van der Waals surface area contributed by atoms with Crippen molar-refractivity contribution >= 4 is 39.5 Å². The zero-order valence-electron chi connectivity index (χ0n) is 65.4. The molecular formula is C85H146O17P2. The molecule has 0 heterocycles.